The highest BCUT2D eigenvalue weighted by Gasteiger charge is 2.23. The topological polar surface area (TPSA) is 52.0 Å². The van der Waals surface area contributed by atoms with Gasteiger partial charge < -0.3 is 0 Å². The van der Waals surface area contributed by atoms with Gasteiger partial charge in [-0.05, 0) is 37.6 Å². The molecule has 0 bridgehead atoms. The van der Waals surface area contributed by atoms with Crippen LogP contribution >= 0.6 is 0 Å². The molecule has 0 aliphatic heterocycles. The first-order valence-corrected chi connectivity index (χ1v) is 7.70. The molecule has 0 N–H and O–H groups in total. The summed E-state index contributed by atoms with van der Waals surface area (Å²) in [5.74, 6) is 0. The van der Waals surface area contributed by atoms with Gasteiger partial charge in [0.05, 0.1) is 5.52 Å². The third-order valence-corrected chi connectivity index (χ3v) is 5.34. The van der Waals surface area contributed by atoms with Crippen molar-refractivity contribution in [2.24, 2.45) is 0 Å². The molecule has 0 fully saturated rings. The molecule has 0 saturated carbocycles. The van der Waals surface area contributed by atoms with Crippen LogP contribution in [0.4, 0.5) is 0 Å². The fourth-order valence-electron chi connectivity index (χ4n) is 2.41. The van der Waals surface area contributed by atoms with Crippen molar-refractivity contribution >= 4 is 20.9 Å². The van der Waals surface area contributed by atoms with E-state index in [0.29, 0.717) is 5.52 Å². The van der Waals surface area contributed by atoms with Gasteiger partial charge in [-0.25, -0.2) is 12.4 Å². The zero-order chi connectivity index (χ0) is 14.3. The highest BCUT2D eigenvalue weighted by Crippen LogP contribution is 2.28. The van der Waals surface area contributed by atoms with Crippen molar-refractivity contribution in [2.75, 3.05) is 0 Å². The summed E-state index contributed by atoms with van der Waals surface area (Å²) in [7, 11) is -3.62. The minimum atomic E-state index is -3.62. The Morgan fingerprint density at radius 3 is 2.50 bits per heavy atom. The van der Waals surface area contributed by atoms with Gasteiger partial charge in [0.15, 0.2) is 0 Å². The van der Waals surface area contributed by atoms with E-state index in [9.17, 15) is 8.42 Å². The van der Waals surface area contributed by atoms with Gasteiger partial charge in [0, 0.05) is 23.5 Å². The Balaban J connectivity index is 2.39. The molecule has 0 spiro atoms. The molecule has 0 unspecified atom stereocenters. The lowest BCUT2D eigenvalue weighted by molar-refractivity contribution is 0.587. The molecule has 0 aliphatic carbocycles. The number of fused-ring (bicyclic) bond motifs is 1. The zero-order valence-electron chi connectivity index (χ0n) is 11.2. The van der Waals surface area contributed by atoms with E-state index in [1.807, 2.05) is 38.1 Å². The molecule has 2 aromatic heterocycles. The molecule has 20 heavy (non-hydrogen) atoms. The fraction of sp³-hybridized carbons (Fsp3) is 0.133. The number of para-hydroxylation sites is 1. The second kappa shape index (κ2) is 4.45. The van der Waals surface area contributed by atoms with Crippen molar-refractivity contribution in [3.05, 3.63) is 60.0 Å². The molecule has 0 atom stereocenters. The van der Waals surface area contributed by atoms with Gasteiger partial charge in [-0.15, -0.1) is 0 Å². The Labute approximate surface area is 117 Å². The first-order chi connectivity index (χ1) is 9.53. The van der Waals surface area contributed by atoms with E-state index in [1.54, 1.807) is 18.3 Å². The Hall–Kier alpha value is -2.14. The molecule has 2 heterocycles. The maximum Gasteiger partial charge on any atom is 0.269 e. The van der Waals surface area contributed by atoms with Crippen LogP contribution in [-0.4, -0.2) is 17.4 Å². The summed E-state index contributed by atoms with van der Waals surface area (Å²) in [4.78, 5) is 4.10. The molecule has 1 aromatic carbocycles. The summed E-state index contributed by atoms with van der Waals surface area (Å²) in [6.07, 6.45) is 2.93. The molecular formula is C15H14N2O2S. The van der Waals surface area contributed by atoms with Gasteiger partial charge in [-0.3, -0.25) is 4.98 Å². The number of hydrogen-bond acceptors (Lipinski definition) is 3. The SMILES string of the molecule is Cc1c(C)n(S(=O)(=O)c2cccnc2)c2ccccc12. The molecule has 102 valence electrons. The van der Waals surface area contributed by atoms with Crippen molar-refractivity contribution < 1.29 is 8.42 Å². The number of rotatable bonds is 2. The second-order valence-electron chi connectivity index (χ2n) is 4.69. The lowest BCUT2D eigenvalue weighted by Crippen LogP contribution is -2.14. The highest BCUT2D eigenvalue weighted by molar-refractivity contribution is 7.90. The summed E-state index contributed by atoms with van der Waals surface area (Å²) in [5.41, 5.74) is 2.41. The molecule has 0 saturated heterocycles. The van der Waals surface area contributed by atoms with E-state index in [-0.39, 0.29) is 4.90 Å². The van der Waals surface area contributed by atoms with Gasteiger partial charge in [-0.1, -0.05) is 18.2 Å². The lowest BCUT2D eigenvalue weighted by Gasteiger charge is -2.09. The number of aryl methyl sites for hydroxylation is 1. The molecule has 3 rings (SSSR count). The third-order valence-electron chi connectivity index (χ3n) is 3.55. The molecule has 0 radical (unpaired) electrons. The minimum absolute atomic E-state index is 0.198. The fourth-order valence-corrected chi connectivity index (χ4v) is 3.98. The molecule has 4 nitrogen and oxygen atoms in total. The third kappa shape index (κ3) is 1.74. The molecule has 3 aromatic rings. The first kappa shape index (κ1) is 12.9. The highest BCUT2D eigenvalue weighted by atomic mass is 32.2. The van der Waals surface area contributed by atoms with Gasteiger partial charge in [0.25, 0.3) is 10.0 Å². The Bertz CT molecular complexity index is 881. The number of benzene rings is 1. The van der Waals surface area contributed by atoms with E-state index in [2.05, 4.69) is 4.98 Å². The van der Waals surface area contributed by atoms with Crippen LogP contribution in [0.15, 0.2) is 53.7 Å². The maximum absolute atomic E-state index is 12.8. The largest absolute Gasteiger partial charge is 0.269 e. The van der Waals surface area contributed by atoms with Gasteiger partial charge >= 0.3 is 0 Å². The average molecular weight is 286 g/mol. The molecule has 0 aliphatic rings. The zero-order valence-corrected chi connectivity index (χ0v) is 12.1. The number of nitrogens with zero attached hydrogens (tertiary/aromatic N) is 2. The van der Waals surface area contributed by atoms with Crippen LogP contribution < -0.4 is 0 Å². The quantitative estimate of drug-likeness (QED) is 0.728. The van der Waals surface area contributed by atoms with Gasteiger partial charge in [0.2, 0.25) is 0 Å². The van der Waals surface area contributed by atoms with Crippen LogP contribution in [0, 0.1) is 13.8 Å². The van der Waals surface area contributed by atoms with Crippen molar-refractivity contribution in [3.63, 3.8) is 0 Å². The van der Waals surface area contributed by atoms with Crippen LogP contribution in [0.5, 0.6) is 0 Å². The van der Waals surface area contributed by atoms with Gasteiger partial charge in [0.1, 0.15) is 4.90 Å². The van der Waals surface area contributed by atoms with E-state index in [0.717, 1.165) is 16.6 Å². The summed E-state index contributed by atoms with van der Waals surface area (Å²) in [6, 6.07) is 10.7. The predicted molar refractivity (Wildman–Crippen MR) is 78.2 cm³/mol. The van der Waals surface area contributed by atoms with E-state index < -0.39 is 10.0 Å². The van der Waals surface area contributed by atoms with Crippen LogP contribution in [0.1, 0.15) is 11.3 Å². The summed E-state index contributed by atoms with van der Waals surface area (Å²) in [6.45, 7) is 3.76. The van der Waals surface area contributed by atoms with Crippen LogP contribution in [0.25, 0.3) is 10.9 Å². The minimum Gasteiger partial charge on any atom is -0.263 e. The molecule has 5 heteroatoms. The maximum atomic E-state index is 12.8. The van der Waals surface area contributed by atoms with Crippen LogP contribution in [0.3, 0.4) is 0 Å². The van der Waals surface area contributed by atoms with Crippen LogP contribution in [0.2, 0.25) is 0 Å². The average Bonchev–Trinajstić information content (AvgIpc) is 2.73. The van der Waals surface area contributed by atoms with Crippen LogP contribution in [-0.2, 0) is 10.0 Å². The van der Waals surface area contributed by atoms with Crippen molar-refractivity contribution in [3.8, 4) is 0 Å². The summed E-state index contributed by atoms with van der Waals surface area (Å²) < 4.78 is 27.0. The van der Waals surface area contributed by atoms with Crippen molar-refractivity contribution in [1.82, 2.24) is 8.96 Å². The Morgan fingerprint density at radius 1 is 1.05 bits per heavy atom. The normalized spacial score (nSPS) is 11.9. The summed E-state index contributed by atoms with van der Waals surface area (Å²) in [5, 5.41) is 0.956. The van der Waals surface area contributed by atoms with Gasteiger partial charge in [-0.2, -0.15) is 0 Å². The van der Waals surface area contributed by atoms with E-state index in [1.165, 1.54) is 10.2 Å². The monoisotopic (exact) mass is 286 g/mol. The van der Waals surface area contributed by atoms with Crippen molar-refractivity contribution in [2.45, 2.75) is 18.7 Å². The Morgan fingerprint density at radius 2 is 1.80 bits per heavy atom. The summed E-state index contributed by atoms with van der Waals surface area (Å²) >= 11 is 0. The smallest absolute Gasteiger partial charge is 0.263 e. The molecular weight excluding hydrogens is 272 g/mol. The van der Waals surface area contributed by atoms with E-state index >= 15 is 0 Å². The number of hydrogen-bond donors (Lipinski definition) is 0. The Kier molecular flexibility index (Phi) is 2.87. The van der Waals surface area contributed by atoms with Crippen molar-refractivity contribution in [1.29, 1.82) is 0 Å². The number of pyridine rings is 1. The number of aromatic nitrogens is 2. The predicted octanol–water partition coefficient (Wildman–Crippen LogP) is 2.89. The first-order valence-electron chi connectivity index (χ1n) is 6.26. The second-order valence-corrected chi connectivity index (χ2v) is 6.47. The molecule has 0 amide bonds. The lowest BCUT2D eigenvalue weighted by atomic mass is 10.2. The van der Waals surface area contributed by atoms with E-state index in [4.69, 9.17) is 0 Å². The standard InChI is InChI=1S/C15H14N2O2S/c1-11-12(2)17(15-8-4-3-7-14(11)15)20(18,19)13-6-5-9-16-10-13/h3-10H,1-2H3.